The third kappa shape index (κ3) is 3.24. The molecule has 0 radical (unpaired) electrons. The van der Waals surface area contributed by atoms with Gasteiger partial charge in [0.1, 0.15) is 5.82 Å². The molecule has 6 heteroatoms. The zero-order chi connectivity index (χ0) is 18.1. The minimum Gasteiger partial charge on any atom is -0.337 e. The van der Waals surface area contributed by atoms with Crippen molar-refractivity contribution in [1.29, 1.82) is 0 Å². The summed E-state index contributed by atoms with van der Waals surface area (Å²) < 4.78 is 25.7. The standard InChI is InChI=1S/C20H17FN2O2S/c21-16-4-6-17(7-5-16)26(25)18-9-11-23(13-18)20(24)15-3-8-19-14(12-15)2-1-10-22-19/h1-8,10,12,18H,9,11,13H2. The molecule has 26 heavy (non-hydrogen) atoms. The third-order valence-electron chi connectivity index (χ3n) is 4.63. The predicted molar refractivity (Wildman–Crippen MR) is 98.9 cm³/mol. The molecule has 1 aromatic heterocycles. The molecule has 1 aliphatic rings. The second kappa shape index (κ2) is 6.96. The molecule has 3 aromatic rings. The van der Waals surface area contributed by atoms with Crippen LogP contribution in [0.3, 0.4) is 0 Å². The van der Waals surface area contributed by atoms with Crippen LogP contribution in [0.25, 0.3) is 10.9 Å². The van der Waals surface area contributed by atoms with Crippen LogP contribution in [0.1, 0.15) is 16.8 Å². The predicted octanol–water partition coefficient (Wildman–Crippen LogP) is 3.40. The van der Waals surface area contributed by atoms with Crippen LogP contribution >= 0.6 is 0 Å². The molecular weight excluding hydrogens is 351 g/mol. The van der Waals surface area contributed by atoms with Crippen LogP contribution < -0.4 is 0 Å². The van der Waals surface area contributed by atoms with Gasteiger partial charge in [-0.2, -0.15) is 0 Å². The summed E-state index contributed by atoms with van der Waals surface area (Å²) in [5.74, 6) is -0.408. The summed E-state index contributed by atoms with van der Waals surface area (Å²) in [6, 6.07) is 15.0. The van der Waals surface area contributed by atoms with Crippen LogP contribution in [0, 0.1) is 5.82 Å². The van der Waals surface area contributed by atoms with E-state index in [1.54, 1.807) is 29.3 Å². The van der Waals surface area contributed by atoms with Crippen LogP contribution in [0.2, 0.25) is 0 Å². The van der Waals surface area contributed by atoms with Crippen LogP contribution in [-0.2, 0) is 10.8 Å². The minimum absolute atomic E-state index is 0.0608. The Balaban J connectivity index is 1.49. The fraction of sp³-hybridized carbons (Fsp3) is 0.200. The van der Waals surface area contributed by atoms with Crippen LogP contribution in [0.4, 0.5) is 4.39 Å². The maximum absolute atomic E-state index is 13.0. The quantitative estimate of drug-likeness (QED) is 0.712. The van der Waals surface area contributed by atoms with Crippen LogP contribution in [0.15, 0.2) is 65.7 Å². The average molecular weight is 368 g/mol. The first-order valence-corrected chi connectivity index (χ1v) is 9.63. The summed E-state index contributed by atoms with van der Waals surface area (Å²) in [5, 5.41) is 0.788. The molecule has 0 spiro atoms. The van der Waals surface area contributed by atoms with Gasteiger partial charge in [0.15, 0.2) is 0 Å². The van der Waals surface area contributed by atoms with Gasteiger partial charge in [-0.05, 0) is 55.0 Å². The number of benzene rings is 2. The summed E-state index contributed by atoms with van der Waals surface area (Å²) in [6.45, 7) is 1.01. The number of likely N-dealkylation sites (tertiary alicyclic amines) is 1. The van der Waals surface area contributed by atoms with Crippen molar-refractivity contribution in [2.75, 3.05) is 13.1 Å². The molecule has 0 saturated carbocycles. The molecule has 0 bridgehead atoms. The van der Waals surface area contributed by atoms with E-state index in [9.17, 15) is 13.4 Å². The molecule has 1 fully saturated rings. The first-order valence-electron chi connectivity index (χ1n) is 8.42. The molecule has 4 nitrogen and oxygen atoms in total. The zero-order valence-electron chi connectivity index (χ0n) is 14.0. The number of pyridine rings is 1. The van der Waals surface area contributed by atoms with E-state index in [0.29, 0.717) is 30.0 Å². The Morgan fingerprint density at radius 2 is 1.96 bits per heavy atom. The van der Waals surface area contributed by atoms with Gasteiger partial charge in [-0.1, -0.05) is 6.07 Å². The van der Waals surface area contributed by atoms with Gasteiger partial charge in [0, 0.05) is 35.1 Å². The number of carbonyl (C=O) groups is 1. The van der Waals surface area contributed by atoms with Crippen molar-refractivity contribution in [1.82, 2.24) is 9.88 Å². The second-order valence-corrected chi connectivity index (χ2v) is 8.06. The van der Waals surface area contributed by atoms with Gasteiger partial charge >= 0.3 is 0 Å². The topological polar surface area (TPSA) is 50.3 Å². The Morgan fingerprint density at radius 1 is 1.15 bits per heavy atom. The number of hydrogen-bond donors (Lipinski definition) is 0. The second-order valence-electron chi connectivity index (χ2n) is 6.32. The fourth-order valence-corrected chi connectivity index (χ4v) is 4.66. The normalized spacial score (nSPS) is 18.2. The van der Waals surface area contributed by atoms with Gasteiger partial charge in [0.05, 0.1) is 21.6 Å². The minimum atomic E-state index is -1.25. The Morgan fingerprint density at radius 3 is 2.77 bits per heavy atom. The molecule has 4 rings (SSSR count). The molecule has 1 aliphatic heterocycles. The number of halogens is 1. The van der Waals surface area contributed by atoms with E-state index in [0.717, 1.165) is 10.9 Å². The first kappa shape index (κ1) is 16.8. The maximum Gasteiger partial charge on any atom is 0.253 e. The van der Waals surface area contributed by atoms with E-state index < -0.39 is 10.8 Å². The smallest absolute Gasteiger partial charge is 0.253 e. The van der Waals surface area contributed by atoms with Crippen LogP contribution in [0.5, 0.6) is 0 Å². The van der Waals surface area contributed by atoms with Gasteiger partial charge < -0.3 is 4.90 Å². The summed E-state index contributed by atoms with van der Waals surface area (Å²) in [5.41, 5.74) is 1.46. The highest BCUT2D eigenvalue weighted by atomic mass is 32.2. The lowest BCUT2D eigenvalue weighted by molar-refractivity contribution is 0.0793. The Kier molecular flexibility index (Phi) is 4.51. The molecule has 2 atom stereocenters. The number of fused-ring (bicyclic) bond motifs is 1. The molecule has 0 aliphatic carbocycles. The van der Waals surface area contributed by atoms with E-state index in [-0.39, 0.29) is 17.0 Å². The molecule has 2 heterocycles. The highest BCUT2D eigenvalue weighted by molar-refractivity contribution is 7.85. The van der Waals surface area contributed by atoms with Crippen molar-refractivity contribution in [3.63, 3.8) is 0 Å². The molecule has 2 aromatic carbocycles. The number of carbonyl (C=O) groups excluding carboxylic acids is 1. The summed E-state index contributed by atoms with van der Waals surface area (Å²) >= 11 is 0. The Bertz CT molecular complexity index is 991. The molecular formula is C20H17FN2O2S. The fourth-order valence-electron chi connectivity index (χ4n) is 3.24. The number of rotatable bonds is 3. The van der Waals surface area contributed by atoms with Crippen molar-refractivity contribution in [2.24, 2.45) is 0 Å². The van der Waals surface area contributed by atoms with Crippen molar-refractivity contribution in [3.8, 4) is 0 Å². The lowest BCUT2D eigenvalue weighted by atomic mass is 10.1. The van der Waals surface area contributed by atoms with Crippen molar-refractivity contribution in [3.05, 3.63) is 72.2 Å². The molecule has 1 saturated heterocycles. The summed E-state index contributed by atoms with van der Waals surface area (Å²) in [6.07, 6.45) is 2.39. The van der Waals surface area contributed by atoms with Crippen molar-refractivity contribution < 1.29 is 13.4 Å². The van der Waals surface area contributed by atoms with E-state index in [1.165, 1.54) is 12.1 Å². The van der Waals surface area contributed by atoms with Gasteiger partial charge in [-0.3, -0.25) is 14.0 Å². The summed E-state index contributed by atoms with van der Waals surface area (Å²) in [4.78, 5) is 19.4. The lowest BCUT2D eigenvalue weighted by Crippen LogP contribution is -2.30. The number of amides is 1. The summed E-state index contributed by atoms with van der Waals surface area (Å²) in [7, 11) is -1.25. The molecule has 132 valence electrons. The molecule has 0 N–H and O–H groups in total. The highest BCUT2D eigenvalue weighted by Gasteiger charge is 2.31. The maximum atomic E-state index is 13.0. The van der Waals surface area contributed by atoms with Crippen molar-refractivity contribution >= 4 is 27.6 Å². The Hall–Kier alpha value is -2.60. The third-order valence-corrected chi connectivity index (χ3v) is 6.36. The Labute approximate surface area is 153 Å². The van der Waals surface area contributed by atoms with Gasteiger partial charge in [0.2, 0.25) is 0 Å². The van der Waals surface area contributed by atoms with E-state index in [2.05, 4.69) is 4.98 Å². The number of aromatic nitrogens is 1. The largest absolute Gasteiger partial charge is 0.337 e. The monoisotopic (exact) mass is 368 g/mol. The van der Waals surface area contributed by atoms with Gasteiger partial charge in [-0.15, -0.1) is 0 Å². The van der Waals surface area contributed by atoms with E-state index >= 15 is 0 Å². The van der Waals surface area contributed by atoms with E-state index in [1.807, 2.05) is 24.3 Å². The lowest BCUT2D eigenvalue weighted by Gasteiger charge is -2.17. The van der Waals surface area contributed by atoms with Gasteiger partial charge in [-0.25, -0.2) is 4.39 Å². The molecule has 1 amide bonds. The number of hydrogen-bond acceptors (Lipinski definition) is 3. The first-order chi connectivity index (χ1) is 12.6. The van der Waals surface area contributed by atoms with Gasteiger partial charge in [0.25, 0.3) is 5.91 Å². The van der Waals surface area contributed by atoms with Crippen molar-refractivity contribution in [2.45, 2.75) is 16.6 Å². The van der Waals surface area contributed by atoms with E-state index in [4.69, 9.17) is 0 Å². The number of nitrogens with zero attached hydrogens (tertiary/aromatic N) is 2. The zero-order valence-corrected chi connectivity index (χ0v) is 14.8. The SMILES string of the molecule is O=C(c1ccc2ncccc2c1)N1CCC(S(=O)c2ccc(F)cc2)C1. The van der Waals surface area contributed by atoms with Crippen LogP contribution in [-0.4, -0.2) is 38.3 Å². The highest BCUT2D eigenvalue weighted by Crippen LogP contribution is 2.23. The molecule has 2 unspecified atom stereocenters. The average Bonchev–Trinajstić information content (AvgIpc) is 3.17.